The molecule has 0 aromatic carbocycles. The van der Waals surface area contributed by atoms with Crippen molar-refractivity contribution in [1.82, 2.24) is 5.32 Å². The molecule has 0 spiro atoms. The molecule has 0 aromatic rings. The van der Waals surface area contributed by atoms with Gasteiger partial charge in [0.1, 0.15) is 0 Å². The second-order valence-corrected chi connectivity index (χ2v) is 8.10. The molecule has 0 saturated heterocycles. The Hall–Kier alpha value is -0.570. The van der Waals surface area contributed by atoms with E-state index in [0.29, 0.717) is 12.5 Å². The number of rotatable bonds is 3. The van der Waals surface area contributed by atoms with Crippen molar-refractivity contribution in [1.29, 1.82) is 0 Å². The van der Waals surface area contributed by atoms with Crippen molar-refractivity contribution in [3.63, 3.8) is 0 Å². The number of amides is 1. The molecule has 0 aliphatic heterocycles. The van der Waals surface area contributed by atoms with Gasteiger partial charge in [0.2, 0.25) is 5.91 Å². The van der Waals surface area contributed by atoms with Gasteiger partial charge in [-0.25, -0.2) is 0 Å². The Bertz CT molecular complexity index is 364. The summed E-state index contributed by atoms with van der Waals surface area (Å²) >= 11 is 0. The van der Waals surface area contributed by atoms with E-state index in [2.05, 4.69) is 5.32 Å². The Morgan fingerprint density at radius 1 is 1.05 bits per heavy atom. The molecular formula is C16H26N2O. The van der Waals surface area contributed by atoms with Gasteiger partial charge in [-0.15, -0.1) is 0 Å². The summed E-state index contributed by atoms with van der Waals surface area (Å²) in [5.74, 6) is 2.86. The third-order valence-corrected chi connectivity index (χ3v) is 6.47. The van der Waals surface area contributed by atoms with Crippen LogP contribution in [0.1, 0.15) is 57.8 Å². The van der Waals surface area contributed by atoms with Crippen LogP contribution in [0.4, 0.5) is 0 Å². The standard InChI is InChI=1S/C16H26N2O/c17-16(2-1-3-16)10-18-14(19)15-7-11-4-12(8-15)6-13(5-11)9-15/h11-13H,1-10,17H2,(H,18,19). The van der Waals surface area contributed by atoms with Crippen molar-refractivity contribution in [2.45, 2.75) is 63.3 Å². The lowest BCUT2D eigenvalue weighted by atomic mass is 9.49. The molecule has 0 aromatic heterocycles. The molecule has 0 unspecified atom stereocenters. The molecule has 0 heterocycles. The zero-order chi connectivity index (χ0) is 13.1. The normalized spacial score (nSPS) is 45.8. The molecule has 19 heavy (non-hydrogen) atoms. The first-order chi connectivity index (χ1) is 9.07. The zero-order valence-electron chi connectivity index (χ0n) is 11.8. The number of nitrogens with two attached hydrogens (primary N) is 1. The van der Waals surface area contributed by atoms with E-state index in [1.54, 1.807) is 0 Å². The van der Waals surface area contributed by atoms with Crippen LogP contribution in [-0.4, -0.2) is 18.0 Å². The molecular weight excluding hydrogens is 236 g/mol. The number of hydrogen-bond acceptors (Lipinski definition) is 2. The van der Waals surface area contributed by atoms with Crippen LogP contribution < -0.4 is 11.1 Å². The maximum Gasteiger partial charge on any atom is 0.226 e. The summed E-state index contributed by atoms with van der Waals surface area (Å²) in [6, 6.07) is 0. The first-order valence-corrected chi connectivity index (χ1v) is 8.14. The van der Waals surface area contributed by atoms with Crippen LogP contribution in [0.15, 0.2) is 0 Å². The maximum atomic E-state index is 12.7. The number of carbonyl (C=O) groups excluding carboxylic acids is 1. The second-order valence-electron chi connectivity index (χ2n) is 8.10. The minimum atomic E-state index is -0.0854. The van der Waals surface area contributed by atoms with Gasteiger partial charge >= 0.3 is 0 Å². The third kappa shape index (κ3) is 1.93. The molecule has 0 atom stereocenters. The summed E-state index contributed by atoms with van der Waals surface area (Å²) in [6.07, 6.45) is 11.0. The van der Waals surface area contributed by atoms with Crippen LogP contribution in [0.5, 0.6) is 0 Å². The quantitative estimate of drug-likeness (QED) is 0.819. The topological polar surface area (TPSA) is 55.1 Å². The molecule has 1 amide bonds. The average molecular weight is 262 g/mol. The number of nitrogens with one attached hydrogen (secondary N) is 1. The van der Waals surface area contributed by atoms with Crippen LogP contribution in [0.25, 0.3) is 0 Å². The highest BCUT2D eigenvalue weighted by molar-refractivity contribution is 5.83. The van der Waals surface area contributed by atoms with E-state index in [-0.39, 0.29) is 11.0 Å². The van der Waals surface area contributed by atoms with E-state index in [1.165, 1.54) is 25.7 Å². The largest absolute Gasteiger partial charge is 0.354 e. The fourth-order valence-corrected chi connectivity index (χ4v) is 5.64. The van der Waals surface area contributed by atoms with Gasteiger partial charge in [0.15, 0.2) is 0 Å². The molecule has 5 fully saturated rings. The predicted molar refractivity (Wildman–Crippen MR) is 74.4 cm³/mol. The molecule has 106 valence electrons. The van der Waals surface area contributed by atoms with Crippen molar-refractivity contribution in [2.75, 3.05) is 6.54 Å². The van der Waals surface area contributed by atoms with E-state index >= 15 is 0 Å². The third-order valence-electron chi connectivity index (χ3n) is 6.47. The van der Waals surface area contributed by atoms with Crippen LogP contribution in [-0.2, 0) is 4.79 Å². The molecule has 3 heteroatoms. The zero-order valence-corrected chi connectivity index (χ0v) is 11.8. The van der Waals surface area contributed by atoms with E-state index < -0.39 is 0 Å². The Kier molecular flexibility index (Phi) is 2.55. The first kappa shape index (κ1) is 12.2. The van der Waals surface area contributed by atoms with Crippen LogP contribution in [0.3, 0.4) is 0 Å². The summed E-state index contributed by atoms with van der Waals surface area (Å²) in [4.78, 5) is 12.7. The molecule has 3 N–H and O–H groups in total. The molecule has 0 radical (unpaired) electrons. The molecule has 5 saturated carbocycles. The predicted octanol–water partition coefficient (Wildman–Crippen LogP) is 2.20. The van der Waals surface area contributed by atoms with E-state index in [1.807, 2.05) is 0 Å². The van der Waals surface area contributed by atoms with E-state index in [0.717, 1.165) is 49.9 Å². The summed E-state index contributed by atoms with van der Waals surface area (Å²) in [5, 5.41) is 3.22. The molecule has 5 aliphatic carbocycles. The minimum Gasteiger partial charge on any atom is -0.354 e. The highest BCUT2D eigenvalue weighted by Crippen LogP contribution is 2.60. The summed E-state index contributed by atoms with van der Waals surface area (Å²) in [5.41, 5.74) is 6.14. The lowest BCUT2D eigenvalue weighted by molar-refractivity contribution is -0.146. The number of hydrogen-bond donors (Lipinski definition) is 2. The molecule has 4 bridgehead atoms. The fourth-order valence-electron chi connectivity index (χ4n) is 5.64. The summed E-state index contributed by atoms with van der Waals surface area (Å²) in [6.45, 7) is 0.702. The Morgan fingerprint density at radius 3 is 2.00 bits per heavy atom. The average Bonchev–Trinajstić information content (AvgIpc) is 2.32. The number of carbonyl (C=O) groups is 1. The summed E-state index contributed by atoms with van der Waals surface area (Å²) in [7, 11) is 0. The lowest BCUT2D eigenvalue weighted by Gasteiger charge is -2.56. The molecule has 5 rings (SSSR count). The van der Waals surface area contributed by atoms with Gasteiger partial charge in [-0.1, -0.05) is 0 Å². The fraction of sp³-hybridized carbons (Fsp3) is 0.938. The SMILES string of the molecule is NC1(CNC(=O)C23CC4CC(CC(C4)C2)C3)CCC1. The smallest absolute Gasteiger partial charge is 0.226 e. The van der Waals surface area contributed by atoms with Crippen molar-refractivity contribution < 1.29 is 4.79 Å². The highest BCUT2D eigenvalue weighted by atomic mass is 16.2. The van der Waals surface area contributed by atoms with E-state index in [4.69, 9.17) is 5.73 Å². The maximum absolute atomic E-state index is 12.7. The first-order valence-electron chi connectivity index (χ1n) is 8.14. The van der Waals surface area contributed by atoms with Crippen LogP contribution in [0, 0.1) is 23.2 Å². The van der Waals surface area contributed by atoms with Crippen molar-refractivity contribution in [2.24, 2.45) is 28.9 Å². The van der Waals surface area contributed by atoms with Gasteiger partial charge in [0.05, 0.1) is 0 Å². The monoisotopic (exact) mass is 262 g/mol. The Labute approximate surface area is 115 Å². The summed E-state index contributed by atoms with van der Waals surface area (Å²) < 4.78 is 0. The van der Waals surface area contributed by atoms with E-state index in [9.17, 15) is 4.79 Å². The van der Waals surface area contributed by atoms with Gasteiger partial charge in [0, 0.05) is 17.5 Å². The highest BCUT2D eigenvalue weighted by Gasteiger charge is 2.54. The molecule has 3 nitrogen and oxygen atoms in total. The van der Waals surface area contributed by atoms with Crippen LogP contribution in [0.2, 0.25) is 0 Å². The van der Waals surface area contributed by atoms with Crippen LogP contribution >= 0.6 is 0 Å². The minimum absolute atomic E-state index is 0.00510. The lowest BCUT2D eigenvalue weighted by Crippen LogP contribution is -2.59. The van der Waals surface area contributed by atoms with Crippen molar-refractivity contribution in [3.8, 4) is 0 Å². The van der Waals surface area contributed by atoms with Crippen molar-refractivity contribution in [3.05, 3.63) is 0 Å². The Morgan fingerprint density at radius 2 is 1.58 bits per heavy atom. The van der Waals surface area contributed by atoms with Gasteiger partial charge in [0.25, 0.3) is 0 Å². The Balaban J connectivity index is 1.44. The van der Waals surface area contributed by atoms with Gasteiger partial charge in [-0.2, -0.15) is 0 Å². The second kappa shape index (κ2) is 3.97. The van der Waals surface area contributed by atoms with Crippen molar-refractivity contribution >= 4 is 5.91 Å². The molecule has 5 aliphatic rings. The van der Waals surface area contributed by atoms with Gasteiger partial charge in [-0.05, 0) is 75.5 Å². The van der Waals surface area contributed by atoms with Gasteiger partial charge in [-0.3, -0.25) is 4.79 Å². The van der Waals surface area contributed by atoms with Gasteiger partial charge < -0.3 is 11.1 Å².